The van der Waals surface area contributed by atoms with Gasteiger partial charge in [-0.3, -0.25) is 4.79 Å². The van der Waals surface area contributed by atoms with Crippen LogP contribution in [-0.2, 0) is 19.1 Å². The van der Waals surface area contributed by atoms with Crippen LogP contribution in [0.5, 0.6) is 0 Å². The van der Waals surface area contributed by atoms with E-state index in [-0.39, 0.29) is 11.7 Å². The van der Waals surface area contributed by atoms with Gasteiger partial charge in [-0.05, 0) is 13.0 Å². The van der Waals surface area contributed by atoms with E-state index in [1.807, 2.05) is 0 Å². The molecule has 0 bridgehead atoms. The number of allylic oxidation sites excluding steroid dienone is 1. The SMILES string of the molecule is CC(=O)NC1(C)C=C(OS(C)(=O)=O)C=CN1. The maximum Gasteiger partial charge on any atom is 0.306 e. The number of hydrogen-bond acceptors (Lipinski definition) is 5. The fraction of sp³-hybridized carbons (Fsp3) is 0.444. The molecule has 1 amide bonds. The van der Waals surface area contributed by atoms with E-state index in [0.29, 0.717) is 0 Å². The largest absolute Gasteiger partial charge is 0.383 e. The second-order valence-electron chi connectivity index (χ2n) is 3.70. The number of carbonyl (C=O) groups excluding carboxylic acids is 1. The molecular formula is C9H14N2O4S. The maximum absolute atomic E-state index is 10.9. The first kappa shape index (κ1) is 12.6. The van der Waals surface area contributed by atoms with E-state index in [1.54, 1.807) is 6.92 Å². The summed E-state index contributed by atoms with van der Waals surface area (Å²) in [7, 11) is -3.56. The average molecular weight is 246 g/mol. The standard InChI is InChI=1S/C9H14N2O4S/c1-7(12)11-9(2)6-8(4-5-10-9)15-16(3,13)14/h4-6,10H,1-3H3,(H,11,12). The molecule has 0 fully saturated rings. The first-order valence-electron chi connectivity index (χ1n) is 4.55. The lowest BCUT2D eigenvalue weighted by molar-refractivity contribution is -0.120. The van der Waals surface area contributed by atoms with Crippen molar-refractivity contribution in [2.45, 2.75) is 19.5 Å². The van der Waals surface area contributed by atoms with E-state index in [1.165, 1.54) is 25.3 Å². The summed E-state index contributed by atoms with van der Waals surface area (Å²) in [6, 6.07) is 0. The minimum atomic E-state index is -3.56. The fourth-order valence-electron chi connectivity index (χ4n) is 1.34. The summed E-state index contributed by atoms with van der Waals surface area (Å²) in [6.07, 6.45) is 5.41. The van der Waals surface area contributed by atoms with E-state index >= 15 is 0 Å². The molecule has 16 heavy (non-hydrogen) atoms. The first-order chi connectivity index (χ1) is 7.20. The molecule has 7 heteroatoms. The lowest BCUT2D eigenvalue weighted by Crippen LogP contribution is -2.53. The van der Waals surface area contributed by atoms with Gasteiger partial charge < -0.3 is 14.8 Å². The summed E-state index contributed by atoms with van der Waals surface area (Å²) in [6.45, 7) is 3.06. The van der Waals surface area contributed by atoms with Gasteiger partial charge in [-0.25, -0.2) is 0 Å². The topological polar surface area (TPSA) is 84.5 Å². The van der Waals surface area contributed by atoms with Gasteiger partial charge >= 0.3 is 10.1 Å². The van der Waals surface area contributed by atoms with Gasteiger partial charge in [-0.2, -0.15) is 8.42 Å². The summed E-state index contributed by atoms with van der Waals surface area (Å²) in [5.41, 5.74) is -0.847. The summed E-state index contributed by atoms with van der Waals surface area (Å²) < 4.78 is 26.6. The molecule has 0 saturated heterocycles. The molecule has 0 spiro atoms. The molecule has 90 valence electrons. The Balaban J connectivity index is 2.87. The van der Waals surface area contributed by atoms with Crippen LogP contribution >= 0.6 is 0 Å². The molecule has 2 N–H and O–H groups in total. The zero-order valence-corrected chi connectivity index (χ0v) is 10.1. The molecule has 0 radical (unpaired) electrons. The second-order valence-corrected chi connectivity index (χ2v) is 5.27. The Morgan fingerprint density at radius 3 is 2.69 bits per heavy atom. The quantitative estimate of drug-likeness (QED) is 0.675. The third-order valence-corrected chi connectivity index (χ3v) is 2.24. The maximum atomic E-state index is 10.9. The van der Waals surface area contributed by atoms with Crippen LogP contribution in [0.25, 0.3) is 0 Å². The van der Waals surface area contributed by atoms with Gasteiger partial charge in [0.25, 0.3) is 0 Å². The summed E-state index contributed by atoms with van der Waals surface area (Å²) in [4.78, 5) is 10.9. The Labute approximate surface area is 94.5 Å². The molecule has 1 heterocycles. The number of nitrogens with one attached hydrogen (secondary N) is 2. The Morgan fingerprint density at radius 2 is 2.19 bits per heavy atom. The third-order valence-electron chi connectivity index (χ3n) is 1.75. The molecule has 0 aromatic rings. The average Bonchev–Trinajstić information content (AvgIpc) is 1.96. The molecule has 0 saturated carbocycles. The van der Waals surface area contributed by atoms with E-state index < -0.39 is 15.8 Å². The van der Waals surface area contributed by atoms with Crippen LogP contribution in [0.4, 0.5) is 0 Å². The van der Waals surface area contributed by atoms with Crippen molar-refractivity contribution in [1.82, 2.24) is 10.6 Å². The fourth-order valence-corrected chi connectivity index (χ4v) is 1.79. The van der Waals surface area contributed by atoms with Crippen LogP contribution in [0, 0.1) is 0 Å². The molecule has 1 aliphatic heterocycles. The van der Waals surface area contributed by atoms with Crippen molar-refractivity contribution in [1.29, 1.82) is 0 Å². The van der Waals surface area contributed by atoms with E-state index in [4.69, 9.17) is 4.18 Å². The van der Waals surface area contributed by atoms with Crippen molar-refractivity contribution < 1.29 is 17.4 Å². The van der Waals surface area contributed by atoms with Crippen molar-refractivity contribution >= 4 is 16.0 Å². The molecule has 6 nitrogen and oxygen atoms in total. The number of rotatable bonds is 3. The van der Waals surface area contributed by atoms with E-state index in [0.717, 1.165) is 6.26 Å². The molecule has 0 aromatic carbocycles. The third kappa shape index (κ3) is 3.93. The van der Waals surface area contributed by atoms with Crippen molar-refractivity contribution in [3.05, 3.63) is 24.1 Å². The Kier molecular flexibility index (Phi) is 3.27. The highest BCUT2D eigenvalue weighted by atomic mass is 32.2. The Bertz CT molecular complexity index is 452. The number of carbonyl (C=O) groups is 1. The number of dihydropyridines is 1. The van der Waals surface area contributed by atoms with Crippen LogP contribution in [-0.4, -0.2) is 26.2 Å². The Hall–Kier alpha value is -1.50. The van der Waals surface area contributed by atoms with Crippen LogP contribution in [0.3, 0.4) is 0 Å². The highest BCUT2D eigenvalue weighted by molar-refractivity contribution is 7.86. The van der Waals surface area contributed by atoms with E-state index in [2.05, 4.69) is 10.6 Å². The summed E-state index contributed by atoms with van der Waals surface area (Å²) in [5.74, 6) is -0.0715. The predicted octanol–water partition coefficient (Wildman–Crippen LogP) is -0.184. The van der Waals surface area contributed by atoms with E-state index in [9.17, 15) is 13.2 Å². The highest BCUT2D eigenvalue weighted by Crippen LogP contribution is 2.15. The zero-order chi connectivity index (χ0) is 12.4. The van der Waals surface area contributed by atoms with Gasteiger partial charge in [0.05, 0.1) is 6.26 Å². The summed E-state index contributed by atoms with van der Waals surface area (Å²) in [5, 5.41) is 5.50. The van der Waals surface area contributed by atoms with Crippen molar-refractivity contribution in [3.8, 4) is 0 Å². The summed E-state index contributed by atoms with van der Waals surface area (Å²) >= 11 is 0. The number of amides is 1. The van der Waals surface area contributed by atoms with Crippen molar-refractivity contribution in [2.24, 2.45) is 0 Å². The van der Waals surface area contributed by atoms with Crippen molar-refractivity contribution in [3.63, 3.8) is 0 Å². The molecular weight excluding hydrogens is 232 g/mol. The second kappa shape index (κ2) is 4.17. The van der Waals surface area contributed by atoms with Gasteiger partial charge in [0.2, 0.25) is 5.91 Å². The minimum Gasteiger partial charge on any atom is -0.383 e. The van der Waals surface area contributed by atoms with Crippen LogP contribution in [0.1, 0.15) is 13.8 Å². The van der Waals surface area contributed by atoms with Crippen LogP contribution < -0.4 is 10.6 Å². The molecule has 1 rings (SSSR count). The Morgan fingerprint density at radius 1 is 1.56 bits per heavy atom. The van der Waals surface area contributed by atoms with Crippen LogP contribution in [0.15, 0.2) is 24.1 Å². The highest BCUT2D eigenvalue weighted by Gasteiger charge is 2.25. The van der Waals surface area contributed by atoms with Gasteiger partial charge in [-0.1, -0.05) is 0 Å². The smallest absolute Gasteiger partial charge is 0.306 e. The zero-order valence-electron chi connectivity index (χ0n) is 9.27. The van der Waals surface area contributed by atoms with Gasteiger partial charge in [-0.15, -0.1) is 0 Å². The van der Waals surface area contributed by atoms with Crippen LogP contribution in [0.2, 0.25) is 0 Å². The lowest BCUT2D eigenvalue weighted by Gasteiger charge is -2.30. The molecule has 1 unspecified atom stereocenters. The van der Waals surface area contributed by atoms with Gasteiger partial charge in [0, 0.05) is 19.2 Å². The molecule has 0 aromatic heterocycles. The lowest BCUT2D eigenvalue weighted by atomic mass is 10.1. The van der Waals surface area contributed by atoms with Gasteiger partial charge in [0.15, 0.2) is 0 Å². The monoisotopic (exact) mass is 246 g/mol. The van der Waals surface area contributed by atoms with Gasteiger partial charge in [0.1, 0.15) is 11.4 Å². The van der Waals surface area contributed by atoms with Crippen molar-refractivity contribution in [2.75, 3.05) is 6.26 Å². The first-order valence-corrected chi connectivity index (χ1v) is 6.37. The normalized spacial score (nSPS) is 24.3. The minimum absolute atomic E-state index is 0.164. The molecule has 1 atom stereocenters. The predicted molar refractivity (Wildman–Crippen MR) is 58.5 cm³/mol. The number of hydrogen-bond donors (Lipinski definition) is 2. The molecule has 1 aliphatic rings. The molecule has 0 aliphatic carbocycles.